The van der Waals surface area contributed by atoms with E-state index in [9.17, 15) is 13.6 Å². The van der Waals surface area contributed by atoms with Crippen molar-refractivity contribution in [3.8, 4) is 5.75 Å². The third-order valence-electron chi connectivity index (χ3n) is 4.31. The molecule has 1 heterocycles. The SMILES string of the molecule is Cn1ncc2c1CCCC2NC(=O)NCc1ccccc1OC(F)F. The van der Waals surface area contributed by atoms with Crippen LogP contribution in [0.1, 0.15) is 35.7 Å². The van der Waals surface area contributed by atoms with Crippen molar-refractivity contribution < 1.29 is 18.3 Å². The number of urea groups is 1. The molecule has 0 saturated heterocycles. The molecule has 0 saturated carbocycles. The first kappa shape index (κ1) is 17.2. The van der Waals surface area contributed by atoms with Gasteiger partial charge in [0.05, 0.1) is 12.2 Å². The van der Waals surface area contributed by atoms with E-state index in [-0.39, 0.29) is 24.4 Å². The zero-order valence-electron chi connectivity index (χ0n) is 13.8. The maximum atomic E-state index is 12.4. The van der Waals surface area contributed by atoms with Gasteiger partial charge in [-0.3, -0.25) is 4.68 Å². The second-order valence-electron chi connectivity index (χ2n) is 5.93. The number of para-hydroxylation sites is 1. The second kappa shape index (κ2) is 7.50. The highest BCUT2D eigenvalue weighted by molar-refractivity contribution is 5.74. The topological polar surface area (TPSA) is 68.2 Å². The number of aryl methyl sites for hydroxylation is 1. The van der Waals surface area contributed by atoms with E-state index in [0.29, 0.717) is 5.56 Å². The number of hydrogen-bond acceptors (Lipinski definition) is 3. The van der Waals surface area contributed by atoms with E-state index in [0.717, 1.165) is 30.5 Å². The summed E-state index contributed by atoms with van der Waals surface area (Å²) in [6, 6.07) is 5.95. The van der Waals surface area contributed by atoms with Crippen LogP contribution in [0, 0.1) is 0 Å². The third kappa shape index (κ3) is 4.07. The monoisotopic (exact) mass is 350 g/mol. The van der Waals surface area contributed by atoms with Crippen molar-refractivity contribution in [1.29, 1.82) is 0 Å². The lowest BCUT2D eigenvalue weighted by atomic mass is 9.93. The van der Waals surface area contributed by atoms with Crippen molar-refractivity contribution >= 4 is 6.03 Å². The minimum absolute atomic E-state index is 0.0602. The Kier molecular flexibility index (Phi) is 5.16. The molecule has 1 aromatic carbocycles. The molecule has 0 bridgehead atoms. The lowest BCUT2D eigenvalue weighted by molar-refractivity contribution is -0.0504. The van der Waals surface area contributed by atoms with E-state index in [1.807, 2.05) is 11.7 Å². The Labute approximate surface area is 144 Å². The van der Waals surface area contributed by atoms with E-state index in [1.165, 1.54) is 6.07 Å². The molecule has 1 aliphatic rings. The summed E-state index contributed by atoms with van der Waals surface area (Å²) < 4.78 is 31.1. The Hall–Kier alpha value is -2.64. The predicted octanol–water partition coefficient (Wildman–Crippen LogP) is 2.90. The zero-order valence-corrected chi connectivity index (χ0v) is 13.8. The highest BCUT2D eigenvalue weighted by atomic mass is 19.3. The molecule has 1 atom stereocenters. The minimum atomic E-state index is -2.90. The fourth-order valence-electron chi connectivity index (χ4n) is 3.10. The number of amides is 2. The highest BCUT2D eigenvalue weighted by Crippen LogP contribution is 2.29. The largest absolute Gasteiger partial charge is 0.434 e. The first-order chi connectivity index (χ1) is 12.0. The number of benzene rings is 1. The number of nitrogens with zero attached hydrogens (tertiary/aromatic N) is 2. The smallest absolute Gasteiger partial charge is 0.387 e. The number of fused-ring (bicyclic) bond motifs is 1. The normalized spacial score (nSPS) is 16.4. The number of hydrogen-bond donors (Lipinski definition) is 2. The summed E-state index contributed by atoms with van der Waals surface area (Å²) in [5.41, 5.74) is 2.65. The Morgan fingerprint density at radius 2 is 2.24 bits per heavy atom. The van der Waals surface area contributed by atoms with Crippen LogP contribution in [0.2, 0.25) is 0 Å². The van der Waals surface area contributed by atoms with Gasteiger partial charge < -0.3 is 15.4 Å². The molecule has 1 aromatic heterocycles. The molecule has 0 aliphatic heterocycles. The van der Waals surface area contributed by atoms with Gasteiger partial charge in [0.15, 0.2) is 0 Å². The molecule has 6 nitrogen and oxygen atoms in total. The average molecular weight is 350 g/mol. The summed E-state index contributed by atoms with van der Waals surface area (Å²) in [5.74, 6) is 0.0602. The van der Waals surface area contributed by atoms with Crippen LogP contribution in [-0.2, 0) is 20.0 Å². The van der Waals surface area contributed by atoms with Crippen LogP contribution in [0.15, 0.2) is 30.5 Å². The van der Waals surface area contributed by atoms with Crippen LogP contribution in [0.3, 0.4) is 0 Å². The van der Waals surface area contributed by atoms with Crippen molar-refractivity contribution in [1.82, 2.24) is 20.4 Å². The molecule has 2 N–H and O–H groups in total. The van der Waals surface area contributed by atoms with Gasteiger partial charge in [-0.05, 0) is 25.3 Å². The molecule has 134 valence electrons. The Balaban J connectivity index is 1.59. The second-order valence-corrected chi connectivity index (χ2v) is 5.93. The van der Waals surface area contributed by atoms with Gasteiger partial charge in [0, 0.05) is 30.4 Å². The number of halogens is 2. The van der Waals surface area contributed by atoms with Gasteiger partial charge in [-0.1, -0.05) is 18.2 Å². The van der Waals surface area contributed by atoms with E-state index in [2.05, 4.69) is 20.5 Å². The maximum Gasteiger partial charge on any atom is 0.387 e. The van der Waals surface area contributed by atoms with Gasteiger partial charge in [-0.25, -0.2) is 4.79 Å². The quantitative estimate of drug-likeness (QED) is 0.871. The van der Waals surface area contributed by atoms with Gasteiger partial charge in [0.25, 0.3) is 0 Å². The van der Waals surface area contributed by atoms with E-state index in [1.54, 1.807) is 24.4 Å². The van der Waals surface area contributed by atoms with Gasteiger partial charge in [-0.15, -0.1) is 0 Å². The number of alkyl halides is 2. The van der Waals surface area contributed by atoms with Crippen LogP contribution in [0.5, 0.6) is 5.75 Å². The highest BCUT2D eigenvalue weighted by Gasteiger charge is 2.24. The fraction of sp³-hybridized carbons (Fsp3) is 0.412. The molecule has 0 radical (unpaired) electrons. The van der Waals surface area contributed by atoms with Crippen molar-refractivity contribution in [2.24, 2.45) is 7.05 Å². The summed E-state index contributed by atoms with van der Waals surface area (Å²) >= 11 is 0. The predicted molar refractivity (Wildman–Crippen MR) is 87.3 cm³/mol. The Bertz CT molecular complexity index is 748. The summed E-state index contributed by atoms with van der Waals surface area (Å²) in [4.78, 5) is 12.2. The molecular formula is C17H20F2N4O2. The Morgan fingerprint density at radius 3 is 3.04 bits per heavy atom. The molecule has 2 amide bonds. The van der Waals surface area contributed by atoms with E-state index in [4.69, 9.17) is 0 Å². The molecule has 0 fully saturated rings. The van der Waals surface area contributed by atoms with Gasteiger partial charge in [0.2, 0.25) is 0 Å². The van der Waals surface area contributed by atoms with E-state index >= 15 is 0 Å². The average Bonchev–Trinajstić information content (AvgIpc) is 2.96. The summed E-state index contributed by atoms with van der Waals surface area (Å²) in [7, 11) is 1.89. The summed E-state index contributed by atoms with van der Waals surface area (Å²) in [6.07, 6.45) is 4.55. The third-order valence-corrected chi connectivity index (χ3v) is 4.31. The van der Waals surface area contributed by atoms with Crippen LogP contribution >= 0.6 is 0 Å². The van der Waals surface area contributed by atoms with Gasteiger partial charge in [-0.2, -0.15) is 13.9 Å². The molecule has 8 heteroatoms. The molecule has 2 aromatic rings. The van der Waals surface area contributed by atoms with Crippen LogP contribution in [0.25, 0.3) is 0 Å². The lowest BCUT2D eigenvalue weighted by Gasteiger charge is -2.24. The number of ether oxygens (including phenoxy) is 1. The van der Waals surface area contributed by atoms with Crippen LogP contribution in [0.4, 0.5) is 13.6 Å². The zero-order chi connectivity index (χ0) is 17.8. The number of carbonyl (C=O) groups is 1. The first-order valence-corrected chi connectivity index (χ1v) is 8.12. The van der Waals surface area contributed by atoms with Gasteiger partial charge in [0.1, 0.15) is 5.75 Å². The fourth-order valence-corrected chi connectivity index (χ4v) is 3.10. The summed E-state index contributed by atoms with van der Waals surface area (Å²) in [5, 5.41) is 9.87. The first-order valence-electron chi connectivity index (χ1n) is 8.12. The standard InChI is InChI=1S/C17H20F2N4O2/c1-23-14-7-4-6-13(12(14)10-21-23)22-17(24)20-9-11-5-2-3-8-15(11)25-16(18)19/h2-3,5,8,10,13,16H,4,6-7,9H2,1H3,(H2,20,22,24). The van der Waals surface area contributed by atoms with Crippen molar-refractivity contribution in [3.63, 3.8) is 0 Å². The number of aromatic nitrogens is 2. The van der Waals surface area contributed by atoms with E-state index < -0.39 is 6.61 Å². The van der Waals surface area contributed by atoms with Crippen LogP contribution in [-0.4, -0.2) is 22.4 Å². The summed E-state index contributed by atoms with van der Waals surface area (Å²) in [6.45, 7) is -2.80. The number of rotatable bonds is 5. The molecule has 1 aliphatic carbocycles. The van der Waals surface area contributed by atoms with Gasteiger partial charge >= 0.3 is 12.6 Å². The maximum absolute atomic E-state index is 12.4. The minimum Gasteiger partial charge on any atom is -0.434 e. The lowest BCUT2D eigenvalue weighted by Crippen LogP contribution is -2.38. The van der Waals surface area contributed by atoms with Crippen molar-refractivity contribution in [3.05, 3.63) is 47.3 Å². The Morgan fingerprint density at radius 1 is 1.44 bits per heavy atom. The molecule has 25 heavy (non-hydrogen) atoms. The molecule has 0 spiro atoms. The van der Waals surface area contributed by atoms with Crippen molar-refractivity contribution in [2.75, 3.05) is 0 Å². The molecular weight excluding hydrogens is 330 g/mol. The number of nitrogens with one attached hydrogen (secondary N) is 2. The molecule has 3 rings (SSSR count). The number of carbonyl (C=O) groups excluding carboxylic acids is 1. The molecule has 1 unspecified atom stereocenters. The van der Waals surface area contributed by atoms with Crippen molar-refractivity contribution in [2.45, 2.75) is 38.5 Å². The van der Waals surface area contributed by atoms with Crippen LogP contribution < -0.4 is 15.4 Å².